The summed E-state index contributed by atoms with van der Waals surface area (Å²) in [7, 11) is 0. The highest BCUT2D eigenvalue weighted by Gasteiger charge is 2.25. The first kappa shape index (κ1) is 14.3. The molecule has 1 fully saturated rings. The van der Waals surface area contributed by atoms with Crippen molar-refractivity contribution >= 4 is 6.03 Å². The van der Waals surface area contributed by atoms with Gasteiger partial charge in [-0.15, -0.1) is 0 Å². The lowest BCUT2D eigenvalue weighted by atomic mass is 10.0. The predicted molar refractivity (Wildman–Crippen MR) is 70.8 cm³/mol. The van der Waals surface area contributed by atoms with Gasteiger partial charge in [0, 0.05) is 26.2 Å². The molecule has 1 aliphatic heterocycles. The van der Waals surface area contributed by atoms with Crippen LogP contribution in [-0.4, -0.2) is 48.6 Å². The Bertz CT molecular complexity index is 245. The molecule has 17 heavy (non-hydrogen) atoms. The van der Waals surface area contributed by atoms with Crippen molar-refractivity contribution < 1.29 is 4.79 Å². The maximum Gasteiger partial charge on any atom is 0.320 e. The zero-order valence-electron chi connectivity index (χ0n) is 11.5. The van der Waals surface area contributed by atoms with Crippen molar-refractivity contribution in [2.45, 2.75) is 33.6 Å². The largest absolute Gasteiger partial charge is 0.330 e. The van der Waals surface area contributed by atoms with Crippen molar-refractivity contribution in [1.29, 1.82) is 0 Å². The maximum atomic E-state index is 12.3. The zero-order valence-corrected chi connectivity index (χ0v) is 11.5. The topological polar surface area (TPSA) is 49.6 Å². The van der Waals surface area contributed by atoms with E-state index in [0.29, 0.717) is 18.4 Å². The van der Waals surface area contributed by atoms with Gasteiger partial charge in [0.15, 0.2) is 0 Å². The van der Waals surface area contributed by atoms with Gasteiger partial charge >= 0.3 is 6.03 Å². The number of carbonyl (C=O) groups is 1. The molecule has 4 heteroatoms. The van der Waals surface area contributed by atoms with Gasteiger partial charge < -0.3 is 15.5 Å². The molecule has 1 aliphatic rings. The van der Waals surface area contributed by atoms with Gasteiger partial charge in [-0.25, -0.2) is 4.79 Å². The van der Waals surface area contributed by atoms with Crippen molar-refractivity contribution in [1.82, 2.24) is 9.80 Å². The number of nitrogens with two attached hydrogens (primary N) is 1. The van der Waals surface area contributed by atoms with E-state index in [4.69, 9.17) is 5.73 Å². The molecule has 2 atom stereocenters. The molecule has 1 rings (SSSR count). The van der Waals surface area contributed by atoms with E-state index >= 15 is 0 Å². The molecule has 0 aromatic carbocycles. The van der Waals surface area contributed by atoms with Crippen LogP contribution >= 0.6 is 0 Å². The van der Waals surface area contributed by atoms with Crippen LogP contribution in [0.25, 0.3) is 0 Å². The number of piperidine rings is 1. The summed E-state index contributed by atoms with van der Waals surface area (Å²) in [5.74, 6) is 1.01. The molecule has 0 aliphatic carbocycles. The molecule has 1 heterocycles. The smallest absolute Gasteiger partial charge is 0.320 e. The number of rotatable bonds is 4. The second-order valence-electron chi connectivity index (χ2n) is 5.36. The second-order valence-corrected chi connectivity index (χ2v) is 5.36. The maximum absolute atomic E-state index is 12.3. The summed E-state index contributed by atoms with van der Waals surface area (Å²) in [6.07, 6.45) is 2.38. The van der Waals surface area contributed by atoms with E-state index < -0.39 is 0 Å². The van der Waals surface area contributed by atoms with Crippen molar-refractivity contribution in [3.63, 3.8) is 0 Å². The molecule has 100 valence electrons. The third kappa shape index (κ3) is 4.19. The van der Waals surface area contributed by atoms with Crippen LogP contribution < -0.4 is 5.73 Å². The Hall–Kier alpha value is -0.770. The lowest BCUT2D eigenvalue weighted by molar-refractivity contribution is 0.128. The van der Waals surface area contributed by atoms with Crippen LogP contribution in [0.1, 0.15) is 33.6 Å². The van der Waals surface area contributed by atoms with Crippen molar-refractivity contribution in [3.05, 3.63) is 0 Å². The molecule has 0 bridgehead atoms. The highest BCUT2D eigenvalue weighted by atomic mass is 16.2. The Balaban J connectivity index is 2.52. The predicted octanol–water partition coefficient (Wildman–Crippen LogP) is 1.75. The third-order valence-electron chi connectivity index (χ3n) is 3.51. The van der Waals surface area contributed by atoms with Crippen LogP contribution in [-0.2, 0) is 0 Å². The van der Waals surface area contributed by atoms with E-state index in [-0.39, 0.29) is 6.03 Å². The fraction of sp³-hybridized carbons (Fsp3) is 0.923. The second kappa shape index (κ2) is 6.84. The van der Waals surface area contributed by atoms with Crippen LogP contribution in [0.4, 0.5) is 4.79 Å². The van der Waals surface area contributed by atoms with Crippen LogP contribution in [0.15, 0.2) is 0 Å². The van der Waals surface area contributed by atoms with E-state index in [1.54, 1.807) is 0 Å². The molecule has 0 spiro atoms. The molecule has 2 N–H and O–H groups in total. The lowest BCUT2D eigenvalue weighted by Gasteiger charge is -2.35. The molecule has 2 unspecified atom stereocenters. The van der Waals surface area contributed by atoms with Crippen LogP contribution in [0, 0.1) is 11.8 Å². The average Bonchev–Trinajstić information content (AvgIpc) is 2.34. The van der Waals surface area contributed by atoms with Crippen LogP contribution in [0.3, 0.4) is 0 Å². The Labute approximate surface area is 105 Å². The first-order valence-corrected chi connectivity index (χ1v) is 6.82. The van der Waals surface area contributed by atoms with Gasteiger partial charge in [-0.2, -0.15) is 0 Å². The van der Waals surface area contributed by atoms with Gasteiger partial charge in [0.1, 0.15) is 0 Å². The summed E-state index contributed by atoms with van der Waals surface area (Å²) < 4.78 is 0. The quantitative estimate of drug-likeness (QED) is 0.815. The third-order valence-corrected chi connectivity index (χ3v) is 3.51. The van der Waals surface area contributed by atoms with Gasteiger partial charge in [-0.1, -0.05) is 13.8 Å². The number of urea groups is 1. The highest BCUT2D eigenvalue weighted by molar-refractivity contribution is 5.74. The first-order valence-electron chi connectivity index (χ1n) is 6.82. The number of carbonyl (C=O) groups excluding carboxylic acids is 1. The number of likely N-dealkylation sites (tertiary alicyclic amines) is 1. The van der Waals surface area contributed by atoms with Gasteiger partial charge in [0.2, 0.25) is 0 Å². The first-order chi connectivity index (χ1) is 8.08. The van der Waals surface area contributed by atoms with Crippen LogP contribution in [0.5, 0.6) is 0 Å². The fourth-order valence-electron chi connectivity index (χ4n) is 2.36. The molecule has 0 saturated carbocycles. The van der Waals surface area contributed by atoms with E-state index in [1.807, 2.05) is 16.7 Å². The minimum absolute atomic E-state index is 0.194. The molecule has 0 aromatic rings. The Morgan fingerprint density at radius 1 is 1.59 bits per heavy atom. The lowest BCUT2D eigenvalue weighted by Crippen LogP contribution is -2.48. The molecule has 1 saturated heterocycles. The molecule has 0 radical (unpaired) electrons. The molecule has 0 aromatic heterocycles. The fourth-order valence-corrected chi connectivity index (χ4v) is 2.36. The monoisotopic (exact) mass is 241 g/mol. The minimum Gasteiger partial charge on any atom is -0.330 e. The zero-order chi connectivity index (χ0) is 12.8. The summed E-state index contributed by atoms with van der Waals surface area (Å²) in [6.45, 7) is 10.4. The number of hydrogen-bond donors (Lipinski definition) is 1. The summed E-state index contributed by atoms with van der Waals surface area (Å²) in [6, 6.07) is 0.194. The SMILES string of the molecule is CCN(CC(C)CN)C(=O)N1CCCC(C)C1. The van der Waals surface area contributed by atoms with E-state index in [1.165, 1.54) is 6.42 Å². The summed E-state index contributed by atoms with van der Waals surface area (Å²) >= 11 is 0. The molecular weight excluding hydrogens is 214 g/mol. The van der Waals surface area contributed by atoms with E-state index in [9.17, 15) is 4.79 Å². The van der Waals surface area contributed by atoms with E-state index in [0.717, 1.165) is 32.6 Å². The number of hydrogen-bond acceptors (Lipinski definition) is 2. The van der Waals surface area contributed by atoms with E-state index in [2.05, 4.69) is 13.8 Å². The normalized spacial score (nSPS) is 22.4. The van der Waals surface area contributed by atoms with Crippen molar-refractivity contribution in [2.24, 2.45) is 17.6 Å². The standard InChI is InChI=1S/C13H27N3O/c1-4-15(10-12(3)8-14)13(17)16-7-5-6-11(2)9-16/h11-12H,4-10,14H2,1-3H3. The van der Waals surface area contributed by atoms with Gasteiger partial charge in [0.25, 0.3) is 0 Å². The average molecular weight is 241 g/mol. The summed E-state index contributed by atoms with van der Waals surface area (Å²) in [5.41, 5.74) is 5.62. The molecule has 4 nitrogen and oxygen atoms in total. The summed E-state index contributed by atoms with van der Waals surface area (Å²) in [4.78, 5) is 16.3. The van der Waals surface area contributed by atoms with Crippen molar-refractivity contribution in [3.8, 4) is 0 Å². The molecular formula is C13H27N3O. The minimum atomic E-state index is 0.194. The Morgan fingerprint density at radius 2 is 2.29 bits per heavy atom. The summed E-state index contributed by atoms with van der Waals surface area (Å²) in [5, 5.41) is 0. The number of amides is 2. The number of nitrogens with zero attached hydrogens (tertiary/aromatic N) is 2. The van der Waals surface area contributed by atoms with Crippen molar-refractivity contribution in [2.75, 3.05) is 32.7 Å². The van der Waals surface area contributed by atoms with Gasteiger partial charge in [-0.3, -0.25) is 0 Å². The van der Waals surface area contributed by atoms with Gasteiger partial charge in [-0.05, 0) is 38.1 Å². The van der Waals surface area contributed by atoms with Crippen LogP contribution in [0.2, 0.25) is 0 Å². The Morgan fingerprint density at radius 3 is 2.82 bits per heavy atom. The Kier molecular flexibility index (Phi) is 5.75. The molecule has 2 amide bonds. The van der Waals surface area contributed by atoms with Gasteiger partial charge in [0.05, 0.1) is 0 Å². The highest BCUT2D eigenvalue weighted by Crippen LogP contribution is 2.17.